The van der Waals surface area contributed by atoms with Crippen LogP contribution in [-0.4, -0.2) is 10.9 Å². The predicted molar refractivity (Wildman–Crippen MR) is 54.9 cm³/mol. The average Bonchev–Trinajstić information content (AvgIpc) is 2.18. The predicted octanol–water partition coefficient (Wildman–Crippen LogP) is 1.92. The van der Waals surface area contributed by atoms with Gasteiger partial charge in [-0.25, -0.2) is 13.8 Å². The van der Waals surface area contributed by atoms with Gasteiger partial charge < -0.3 is 5.73 Å². The van der Waals surface area contributed by atoms with E-state index in [9.17, 15) is 13.6 Å². The number of nitrogens with two attached hydrogens (primary N) is 1. The van der Waals surface area contributed by atoms with Crippen molar-refractivity contribution < 1.29 is 13.6 Å². The third-order valence-corrected chi connectivity index (χ3v) is 2.23. The first-order chi connectivity index (χ1) is 7.49. The maximum absolute atomic E-state index is 13.4. The Balaban J connectivity index is 2.95. The van der Waals surface area contributed by atoms with Crippen LogP contribution in [0.5, 0.6) is 0 Å². The first kappa shape index (κ1) is 10.5. The zero-order valence-electron chi connectivity index (χ0n) is 8.42. The summed E-state index contributed by atoms with van der Waals surface area (Å²) >= 11 is 0. The van der Waals surface area contributed by atoms with Crippen LogP contribution in [0.3, 0.4) is 0 Å². The maximum atomic E-state index is 13.4. The van der Waals surface area contributed by atoms with E-state index in [0.29, 0.717) is 5.69 Å². The van der Waals surface area contributed by atoms with Gasteiger partial charge in [0.1, 0.15) is 11.3 Å². The number of hydrogen-bond donors (Lipinski definition) is 1. The van der Waals surface area contributed by atoms with Gasteiger partial charge in [-0.3, -0.25) is 4.79 Å². The number of fused-ring (bicyclic) bond motifs is 1. The number of hydrogen-bond acceptors (Lipinski definition) is 2. The molecule has 0 bridgehead atoms. The van der Waals surface area contributed by atoms with Crippen molar-refractivity contribution in [2.75, 3.05) is 0 Å². The van der Waals surface area contributed by atoms with Gasteiger partial charge in [0.15, 0.2) is 5.82 Å². The minimum Gasteiger partial charge on any atom is -0.366 e. The summed E-state index contributed by atoms with van der Waals surface area (Å²) in [7, 11) is 0. The normalized spacial score (nSPS) is 10.7. The average molecular weight is 222 g/mol. The number of amides is 1. The molecule has 0 aliphatic rings. The molecule has 2 N–H and O–H groups in total. The molecule has 82 valence electrons. The van der Waals surface area contributed by atoms with E-state index in [2.05, 4.69) is 4.98 Å². The molecule has 2 aromatic rings. The smallest absolute Gasteiger partial charge is 0.249 e. The van der Waals surface area contributed by atoms with Gasteiger partial charge in [0, 0.05) is 17.1 Å². The number of benzene rings is 1. The Morgan fingerprint density at radius 3 is 2.62 bits per heavy atom. The molecule has 0 atom stereocenters. The number of carbonyl (C=O) groups is 1. The molecule has 1 aromatic carbocycles. The van der Waals surface area contributed by atoms with Crippen molar-refractivity contribution >= 4 is 16.8 Å². The van der Waals surface area contributed by atoms with E-state index < -0.39 is 17.5 Å². The number of pyridine rings is 1. The van der Waals surface area contributed by atoms with E-state index in [4.69, 9.17) is 5.73 Å². The summed E-state index contributed by atoms with van der Waals surface area (Å²) in [5, 5.41) is 0.0931. The van der Waals surface area contributed by atoms with Crippen molar-refractivity contribution in [2.45, 2.75) is 6.92 Å². The SMILES string of the molecule is Cc1cc(C(N)=O)c2cc(F)cc(F)c2n1. The van der Waals surface area contributed by atoms with Crippen molar-refractivity contribution in [3.05, 3.63) is 41.1 Å². The second-order valence-electron chi connectivity index (χ2n) is 3.46. The molecule has 1 heterocycles. The minimum atomic E-state index is -0.804. The highest BCUT2D eigenvalue weighted by atomic mass is 19.1. The molecule has 3 nitrogen and oxygen atoms in total. The molecule has 1 amide bonds. The third-order valence-electron chi connectivity index (χ3n) is 2.23. The standard InChI is InChI=1S/C11H8F2N2O/c1-5-2-8(11(14)16)7-3-6(12)4-9(13)10(7)15-5/h2-4H,1H3,(H2,14,16). The molecule has 2 rings (SSSR count). The van der Waals surface area contributed by atoms with Gasteiger partial charge in [-0.05, 0) is 19.1 Å². The Morgan fingerprint density at radius 2 is 2.00 bits per heavy atom. The highest BCUT2D eigenvalue weighted by Gasteiger charge is 2.13. The molecule has 1 aromatic heterocycles. The van der Waals surface area contributed by atoms with Gasteiger partial charge in [-0.2, -0.15) is 0 Å². The number of halogens is 2. The highest BCUT2D eigenvalue weighted by Crippen LogP contribution is 2.22. The Labute approximate surface area is 89.9 Å². The maximum Gasteiger partial charge on any atom is 0.249 e. The van der Waals surface area contributed by atoms with E-state index in [1.807, 2.05) is 0 Å². The first-order valence-electron chi connectivity index (χ1n) is 4.55. The fraction of sp³-hybridized carbons (Fsp3) is 0.0909. The van der Waals surface area contributed by atoms with Gasteiger partial charge in [0.2, 0.25) is 5.91 Å². The van der Waals surface area contributed by atoms with Gasteiger partial charge in [-0.15, -0.1) is 0 Å². The number of aryl methyl sites for hydroxylation is 1. The summed E-state index contributed by atoms with van der Waals surface area (Å²) in [6, 6.07) is 3.17. The summed E-state index contributed by atoms with van der Waals surface area (Å²) in [4.78, 5) is 15.0. The van der Waals surface area contributed by atoms with Crippen LogP contribution in [0.25, 0.3) is 10.9 Å². The summed E-state index contributed by atoms with van der Waals surface area (Å²) in [6.45, 7) is 1.61. The van der Waals surface area contributed by atoms with E-state index >= 15 is 0 Å². The van der Waals surface area contributed by atoms with Crippen molar-refractivity contribution in [2.24, 2.45) is 5.73 Å². The summed E-state index contributed by atoms with van der Waals surface area (Å²) in [6.07, 6.45) is 0. The van der Waals surface area contributed by atoms with Crippen LogP contribution in [0.4, 0.5) is 8.78 Å². The molecule has 0 spiro atoms. The van der Waals surface area contributed by atoms with Crippen molar-refractivity contribution in [3.63, 3.8) is 0 Å². The first-order valence-corrected chi connectivity index (χ1v) is 4.55. The fourth-order valence-electron chi connectivity index (χ4n) is 1.58. The molecule has 0 saturated carbocycles. The number of carbonyl (C=O) groups excluding carboxylic acids is 1. The van der Waals surface area contributed by atoms with Crippen LogP contribution >= 0.6 is 0 Å². The number of aromatic nitrogens is 1. The van der Waals surface area contributed by atoms with Crippen molar-refractivity contribution in [1.82, 2.24) is 4.98 Å². The molecule has 0 aliphatic heterocycles. The lowest BCUT2D eigenvalue weighted by molar-refractivity contribution is 0.100. The highest BCUT2D eigenvalue weighted by molar-refractivity contribution is 6.05. The second kappa shape index (κ2) is 3.52. The van der Waals surface area contributed by atoms with Gasteiger partial charge in [0.25, 0.3) is 0 Å². The van der Waals surface area contributed by atoms with Crippen LogP contribution in [0, 0.1) is 18.6 Å². The monoisotopic (exact) mass is 222 g/mol. The Morgan fingerprint density at radius 1 is 1.31 bits per heavy atom. The molecule has 0 saturated heterocycles. The molecule has 5 heteroatoms. The lowest BCUT2D eigenvalue weighted by atomic mass is 10.1. The van der Waals surface area contributed by atoms with Crippen LogP contribution in [0.2, 0.25) is 0 Å². The molecular weight excluding hydrogens is 214 g/mol. The van der Waals surface area contributed by atoms with Crippen LogP contribution in [0.15, 0.2) is 18.2 Å². The lowest BCUT2D eigenvalue weighted by Gasteiger charge is -2.05. The number of primary amides is 1. The van der Waals surface area contributed by atoms with E-state index in [-0.39, 0.29) is 16.5 Å². The molecule has 0 aliphatic carbocycles. The van der Waals surface area contributed by atoms with E-state index in [1.54, 1.807) is 6.92 Å². The largest absolute Gasteiger partial charge is 0.366 e. The Kier molecular flexibility index (Phi) is 2.30. The third kappa shape index (κ3) is 1.60. The van der Waals surface area contributed by atoms with Crippen LogP contribution in [0.1, 0.15) is 16.1 Å². The summed E-state index contributed by atoms with van der Waals surface area (Å²) < 4.78 is 26.4. The lowest BCUT2D eigenvalue weighted by Crippen LogP contribution is -2.12. The van der Waals surface area contributed by atoms with Gasteiger partial charge >= 0.3 is 0 Å². The molecule has 0 fully saturated rings. The second-order valence-corrected chi connectivity index (χ2v) is 3.46. The van der Waals surface area contributed by atoms with Crippen molar-refractivity contribution in [3.8, 4) is 0 Å². The summed E-state index contributed by atoms with van der Waals surface area (Å²) in [5.74, 6) is -2.31. The molecule has 16 heavy (non-hydrogen) atoms. The Hall–Kier alpha value is -2.04. The van der Waals surface area contributed by atoms with E-state index in [0.717, 1.165) is 12.1 Å². The van der Waals surface area contributed by atoms with E-state index in [1.165, 1.54) is 6.07 Å². The summed E-state index contributed by atoms with van der Waals surface area (Å²) in [5.41, 5.74) is 5.61. The van der Waals surface area contributed by atoms with Crippen LogP contribution < -0.4 is 5.73 Å². The zero-order valence-corrected chi connectivity index (χ0v) is 8.42. The van der Waals surface area contributed by atoms with Gasteiger partial charge in [0.05, 0.1) is 5.56 Å². The fourth-order valence-corrected chi connectivity index (χ4v) is 1.58. The topological polar surface area (TPSA) is 56.0 Å². The minimum absolute atomic E-state index is 0.0461. The molecule has 0 unspecified atom stereocenters. The van der Waals surface area contributed by atoms with Crippen molar-refractivity contribution in [1.29, 1.82) is 0 Å². The number of nitrogens with zero attached hydrogens (tertiary/aromatic N) is 1. The number of rotatable bonds is 1. The Bertz CT molecular complexity index is 596. The molecule has 0 radical (unpaired) electrons. The van der Waals surface area contributed by atoms with Gasteiger partial charge in [-0.1, -0.05) is 0 Å². The zero-order chi connectivity index (χ0) is 11.9. The molecular formula is C11H8F2N2O. The quantitative estimate of drug-likeness (QED) is 0.801. The van der Waals surface area contributed by atoms with Crippen LogP contribution in [-0.2, 0) is 0 Å².